The molecule has 5 heteroatoms. The van der Waals surface area contributed by atoms with E-state index in [9.17, 15) is 9.90 Å². The van der Waals surface area contributed by atoms with Crippen LogP contribution in [-0.2, 0) is 16.1 Å². The molecule has 1 saturated heterocycles. The molecule has 1 aromatic carbocycles. The number of ether oxygens (including phenoxy) is 1. The molecule has 0 unspecified atom stereocenters. The van der Waals surface area contributed by atoms with Crippen LogP contribution in [0.25, 0.3) is 0 Å². The number of hydrogen-bond acceptors (Lipinski definition) is 4. The standard InChI is InChI=1S/C16H24N2O3/c1-3-18(14-10-21-11-15(14)19)9-16(20)17-8-13-7-5-4-6-12(13)2/h4-7,14-15,19H,3,8-11H2,1-2H3,(H,17,20)/t14-,15-/m0/s1. The van der Waals surface area contributed by atoms with E-state index in [-0.39, 0.29) is 18.5 Å². The van der Waals surface area contributed by atoms with Gasteiger partial charge in [0.25, 0.3) is 0 Å². The Hall–Kier alpha value is -1.43. The summed E-state index contributed by atoms with van der Waals surface area (Å²) in [6.45, 7) is 6.39. The summed E-state index contributed by atoms with van der Waals surface area (Å²) in [5, 5.41) is 12.8. The third-order valence-corrected chi connectivity index (χ3v) is 3.98. The van der Waals surface area contributed by atoms with Crippen molar-refractivity contribution in [2.24, 2.45) is 0 Å². The Bertz CT molecular complexity index is 478. The van der Waals surface area contributed by atoms with Gasteiger partial charge < -0.3 is 15.2 Å². The fourth-order valence-electron chi connectivity index (χ4n) is 2.59. The molecular weight excluding hydrogens is 268 g/mol. The van der Waals surface area contributed by atoms with E-state index in [1.807, 2.05) is 43.0 Å². The van der Waals surface area contributed by atoms with Crippen LogP contribution in [0.1, 0.15) is 18.1 Å². The molecule has 116 valence electrons. The number of aryl methyl sites for hydroxylation is 1. The van der Waals surface area contributed by atoms with Crippen LogP contribution in [0.4, 0.5) is 0 Å². The minimum atomic E-state index is -0.505. The Morgan fingerprint density at radius 3 is 2.81 bits per heavy atom. The monoisotopic (exact) mass is 292 g/mol. The first-order chi connectivity index (χ1) is 10.1. The van der Waals surface area contributed by atoms with Gasteiger partial charge in [-0.1, -0.05) is 31.2 Å². The first kappa shape index (κ1) is 15.9. The highest BCUT2D eigenvalue weighted by atomic mass is 16.5. The summed E-state index contributed by atoms with van der Waals surface area (Å²) in [6.07, 6.45) is -0.505. The van der Waals surface area contributed by atoms with Crippen LogP contribution in [-0.4, -0.2) is 54.4 Å². The van der Waals surface area contributed by atoms with E-state index in [2.05, 4.69) is 5.32 Å². The average Bonchev–Trinajstić information content (AvgIpc) is 2.90. The lowest BCUT2D eigenvalue weighted by molar-refractivity contribution is -0.123. The maximum Gasteiger partial charge on any atom is 0.234 e. The fraction of sp³-hybridized carbons (Fsp3) is 0.562. The molecule has 21 heavy (non-hydrogen) atoms. The van der Waals surface area contributed by atoms with Crippen molar-refractivity contribution in [3.05, 3.63) is 35.4 Å². The van der Waals surface area contributed by atoms with E-state index >= 15 is 0 Å². The number of benzene rings is 1. The second-order valence-corrected chi connectivity index (χ2v) is 5.44. The summed E-state index contributed by atoms with van der Waals surface area (Å²) >= 11 is 0. The summed E-state index contributed by atoms with van der Waals surface area (Å²) in [7, 11) is 0. The van der Waals surface area contributed by atoms with E-state index in [1.54, 1.807) is 0 Å². The summed E-state index contributed by atoms with van der Waals surface area (Å²) in [4.78, 5) is 14.0. The van der Waals surface area contributed by atoms with Crippen molar-refractivity contribution in [2.45, 2.75) is 32.5 Å². The number of rotatable bonds is 6. The SMILES string of the molecule is CCN(CC(=O)NCc1ccccc1C)[C@H]1COC[C@@H]1O. The molecular formula is C16H24N2O3. The van der Waals surface area contributed by atoms with Gasteiger partial charge >= 0.3 is 0 Å². The number of likely N-dealkylation sites (N-methyl/N-ethyl adjacent to an activating group) is 1. The summed E-state index contributed by atoms with van der Waals surface area (Å²) < 4.78 is 5.26. The molecule has 0 aromatic heterocycles. The maximum absolute atomic E-state index is 12.1. The van der Waals surface area contributed by atoms with Crippen LogP contribution in [0, 0.1) is 6.92 Å². The van der Waals surface area contributed by atoms with Crippen LogP contribution in [0.3, 0.4) is 0 Å². The van der Waals surface area contributed by atoms with Gasteiger partial charge in [-0.25, -0.2) is 0 Å². The number of carbonyl (C=O) groups is 1. The number of aliphatic hydroxyl groups is 1. The number of nitrogens with zero attached hydrogens (tertiary/aromatic N) is 1. The Morgan fingerprint density at radius 1 is 1.43 bits per heavy atom. The molecule has 5 nitrogen and oxygen atoms in total. The van der Waals surface area contributed by atoms with Gasteiger partial charge in [-0.05, 0) is 24.6 Å². The molecule has 0 aliphatic carbocycles. The second-order valence-electron chi connectivity index (χ2n) is 5.44. The molecule has 2 rings (SSSR count). The zero-order valence-corrected chi connectivity index (χ0v) is 12.7. The summed E-state index contributed by atoms with van der Waals surface area (Å²) in [5.74, 6) is -0.0285. The first-order valence-corrected chi connectivity index (χ1v) is 7.43. The van der Waals surface area contributed by atoms with Crippen molar-refractivity contribution in [3.8, 4) is 0 Å². The predicted octanol–water partition coefficient (Wildman–Crippen LogP) is 0.693. The van der Waals surface area contributed by atoms with E-state index < -0.39 is 6.10 Å². The van der Waals surface area contributed by atoms with E-state index in [0.29, 0.717) is 26.3 Å². The molecule has 0 saturated carbocycles. The zero-order valence-electron chi connectivity index (χ0n) is 12.7. The van der Waals surface area contributed by atoms with Gasteiger partial charge in [-0.3, -0.25) is 9.69 Å². The van der Waals surface area contributed by atoms with E-state index in [4.69, 9.17) is 4.74 Å². The van der Waals surface area contributed by atoms with Gasteiger partial charge in [0, 0.05) is 6.54 Å². The van der Waals surface area contributed by atoms with E-state index in [0.717, 1.165) is 5.56 Å². The highest BCUT2D eigenvalue weighted by molar-refractivity contribution is 5.78. The average molecular weight is 292 g/mol. The van der Waals surface area contributed by atoms with Crippen LogP contribution >= 0.6 is 0 Å². The van der Waals surface area contributed by atoms with Crippen molar-refractivity contribution in [1.82, 2.24) is 10.2 Å². The predicted molar refractivity (Wildman–Crippen MR) is 80.9 cm³/mol. The van der Waals surface area contributed by atoms with Gasteiger partial charge in [0.1, 0.15) is 0 Å². The largest absolute Gasteiger partial charge is 0.389 e. The minimum absolute atomic E-state index is 0.0285. The number of hydrogen-bond donors (Lipinski definition) is 2. The van der Waals surface area contributed by atoms with Crippen LogP contribution in [0.15, 0.2) is 24.3 Å². The van der Waals surface area contributed by atoms with Gasteiger partial charge in [0.2, 0.25) is 5.91 Å². The third-order valence-electron chi connectivity index (χ3n) is 3.98. The fourth-order valence-corrected chi connectivity index (χ4v) is 2.59. The number of amides is 1. The highest BCUT2D eigenvalue weighted by Gasteiger charge is 2.31. The number of nitrogens with one attached hydrogen (secondary N) is 1. The Balaban J connectivity index is 1.84. The van der Waals surface area contributed by atoms with Crippen LogP contribution in [0.2, 0.25) is 0 Å². The van der Waals surface area contributed by atoms with Crippen molar-refractivity contribution >= 4 is 5.91 Å². The molecule has 0 bridgehead atoms. The van der Waals surface area contributed by atoms with Crippen molar-refractivity contribution < 1.29 is 14.6 Å². The molecule has 0 radical (unpaired) electrons. The normalized spacial score (nSPS) is 21.7. The molecule has 2 atom stereocenters. The van der Waals surface area contributed by atoms with Gasteiger partial charge in [0.05, 0.1) is 31.9 Å². The Morgan fingerprint density at radius 2 is 2.19 bits per heavy atom. The zero-order chi connectivity index (χ0) is 15.2. The van der Waals surface area contributed by atoms with Crippen molar-refractivity contribution in [1.29, 1.82) is 0 Å². The quantitative estimate of drug-likeness (QED) is 0.810. The molecule has 1 amide bonds. The number of aliphatic hydroxyl groups excluding tert-OH is 1. The highest BCUT2D eigenvalue weighted by Crippen LogP contribution is 2.13. The lowest BCUT2D eigenvalue weighted by atomic mass is 10.1. The lowest BCUT2D eigenvalue weighted by Crippen LogP contribution is -2.47. The molecule has 1 aliphatic heterocycles. The molecule has 1 fully saturated rings. The van der Waals surface area contributed by atoms with Crippen molar-refractivity contribution in [3.63, 3.8) is 0 Å². The molecule has 0 spiro atoms. The number of carbonyl (C=O) groups excluding carboxylic acids is 1. The summed E-state index contributed by atoms with van der Waals surface area (Å²) in [5.41, 5.74) is 2.29. The lowest BCUT2D eigenvalue weighted by Gasteiger charge is -2.27. The molecule has 1 aliphatic rings. The third kappa shape index (κ3) is 4.27. The maximum atomic E-state index is 12.1. The summed E-state index contributed by atoms with van der Waals surface area (Å²) in [6, 6.07) is 7.92. The Labute approximate surface area is 125 Å². The van der Waals surface area contributed by atoms with Crippen LogP contribution in [0.5, 0.6) is 0 Å². The van der Waals surface area contributed by atoms with Crippen molar-refractivity contribution in [2.75, 3.05) is 26.3 Å². The van der Waals surface area contributed by atoms with Gasteiger partial charge in [-0.2, -0.15) is 0 Å². The second kappa shape index (κ2) is 7.54. The van der Waals surface area contributed by atoms with Gasteiger partial charge in [-0.15, -0.1) is 0 Å². The molecule has 1 heterocycles. The van der Waals surface area contributed by atoms with Gasteiger partial charge in [0.15, 0.2) is 0 Å². The van der Waals surface area contributed by atoms with Crippen LogP contribution < -0.4 is 5.32 Å². The first-order valence-electron chi connectivity index (χ1n) is 7.43. The minimum Gasteiger partial charge on any atom is -0.389 e. The molecule has 1 aromatic rings. The molecule has 2 N–H and O–H groups in total. The topological polar surface area (TPSA) is 61.8 Å². The smallest absolute Gasteiger partial charge is 0.234 e. The van der Waals surface area contributed by atoms with E-state index in [1.165, 1.54) is 5.56 Å². The Kier molecular flexibility index (Phi) is 5.73.